The summed E-state index contributed by atoms with van der Waals surface area (Å²) in [5.41, 5.74) is 4.51. The molecule has 8 heteroatoms. The number of methoxy groups -OCH3 is 2. The first-order chi connectivity index (χ1) is 13.2. The number of aryl methyl sites for hydroxylation is 2. The fraction of sp³-hybridized carbons (Fsp3) is 0.474. The third-order valence-corrected chi connectivity index (χ3v) is 4.99. The molecule has 0 saturated heterocycles. The molecule has 1 aliphatic heterocycles. The van der Waals surface area contributed by atoms with E-state index >= 15 is 0 Å². The quantitative estimate of drug-likeness (QED) is 0.616. The highest BCUT2D eigenvalue weighted by molar-refractivity contribution is 5.72. The second-order valence-electron chi connectivity index (χ2n) is 6.71. The predicted molar refractivity (Wildman–Crippen MR) is 101 cm³/mol. The summed E-state index contributed by atoms with van der Waals surface area (Å²) in [6, 6.07) is 2.03. The molecule has 0 aromatic carbocycles. The first kappa shape index (κ1) is 17.7. The third-order valence-electron chi connectivity index (χ3n) is 4.99. The van der Waals surface area contributed by atoms with E-state index < -0.39 is 0 Å². The van der Waals surface area contributed by atoms with Gasteiger partial charge in [0, 0.05) is 39.1 Å². The largest absolute Gasteiger partial charge is 0.481 e. The molecule has 0 atom stereocenters. The molecule has 3 aromatic heterocycles. The second kappa shape index (κ2) is 7.48. The Hall–Kier alpha value is -2.74. The highest BCUT2D eigenvalue weighted by Gasteiger charge is 2.23. The normalized spacial score (nSPS) is 13.8. The molecule has 0 N–H and O–H groups in total. The molecule has 4 heterocycles. The number of imidazole rings is 1. The van der Waals surface area contributed by atoms with Crippen LogP contribution in [0.4, 0.5) is 5.82 Å². The zero-order valence-corrected chi connectivity index (χ0v) is 16.0. The smallest absolute Gasteiger partial charge is 0.213 e. The predicted octanol–water partition coefficient (Wildman–Crippen LogP) is 1.98. The van der Waals surface area contributed by atoms with Crippen molar-refractivity contribution in [2.75, 3.05) is 32.3 Å². The Labute approximate surface area is 158 Å². The number of ether oxygens (including phenoxy) is 2. The standard InChI is InChI=1S/C19H24N6O2/c1-13-23-16(5-4-8-26-2)18-19(21-12-22-25(13)18)24-7-6-14-9-17(27-3)20-10-15(14)11-24/h9-10,12H,4-8,11H2,1-3H3. The lowest BCUT2D eigenvalue weighted by atomic mass is 10.0. The van der Waals surface area contributed by atoms with Crippen molar-refractivity contribution in [2.24, 2.45) is 0 Å². The number of hydrogen-bond donors (Lipinski definition) is 0. The summed E-state index contributed by atoms with van der Waals surface area (Å²) < 4.78 is 12.3. The van der Waals surface area contributed by atoms with Crippen LogP contribution >= 0.6 is 0 Å². The molecule has 1 aliphatic rings. The van der Waals surface area contributed by atoms with E-state index in [0.29, 0.717) is 12.5 Å². The summed E-state index contributed by atoms with van der Waals surface area (Å²) in [6.45, 7) is 4.34. The molecular weight excluding hydrogens is 344 g/mol. The van der Waals surface area contributed by atoms with E-state index in [1.54, 1.807) is 20.5 Å². The van der Waals surface area contributed by atoms with Gasteiger partial charge in [-0.25, -0.2) is 19.5 Å². The summed E-state index contributed by atoms with van der Waals surface area (Å²) >= 11 is 0. The Bertz CT molecular complexity index is 955. The van der Waals surface area contributed by atoms with Crippen molar-refractivity contribution in [3.8, 4) is 5.88 Å². The van der Waals surface area contributed by atoms with E-state index in [0.717, 1.165) is 55.2 Å². The molecule has 3 aromatic rings. The summed E-state index contributed by atoms with van der Waals surface area (Å²) in [5, 5.41) is 4.41. The first-order valence-electron chi connectivity index (χ1n) is 9.16. The lowest BCUT2D eigenvalue weighted by Crippen LogP contribution is -2.31. The van der Waals surface area contributed by atoms with Crippen LogP contribution in [0.5, 0.6) is 5.88 Å². The molecule has 142 valence electrons. The maximum atomic E-state index is 5.25. The van der Waals surface area contributed by atoms with Gasteiger partial charge in [-0.05, 0) is 37.3 Å². The first-order valence-corrected chi connectivity index (χ1v) is 9.16. The zero-order valence-electron chi connectivity index (χ0n) is 16.0. The van der Waals surface area contributed by atoms with Gasteiger partial charge in [0.25, 0.3) is 0 Å². The van der Waals surface area contributed by atoms with E-state index in [4.69, 9.17) is 14.5 Å². The summed E-state index contributed by atoms with van der Waals surface area (Å²) in [5.74, 6) is 2.47. The Morgan fingerprint density at radius 3 is 2.89 bits per heavy atom. The Balaban J connectivity index is 1.69. The van der Waals surface area contributed by atoms with Crippen LogP contribution in [0, 0.1) is 6.92 Å². The number of aromatic nitrogens is 5. The van der Waals surface area contributed by atoms with Gasteiger partial charge >= 0.3 is 0 Å². The van der Waals surface area contributed by atoms with Crippen LogP contribution < -0.4 is 9.64 Å². The molecule has 4 rings (SSSR count). The van der Waals surface area contributed by atoms with Gasteiger partial charge in [0.2, 0.25) is 5.88 Å². The number of rotatable bonds is 6. The lowest BCUT2D eigenvalue weighted by Gasteiger charge is -2.30. The molecule has 0 spiro atoms. The van der Waals surface area contributed by atoms with Gasteiger partial charge < -0.3 is 14.4 Å². The minimum Gasteiger partial charge on any atom is -0.481 e. The van der Waals surface area contributed by atoms with Crippen LogP contribution in [0.3, 0.4) is 0 Å². The van der Waals surface area contributed by atoms with Crippen molar-refractivity contribution < 1.29 is 9.47 Å². The van der Waals surface area contributed by atoms with E-state index in [-0.39, 0.29) is 0 Å². The van der Waals surface area contributed by atoms with E-state index in [1.165, 1.54) is 11.1 Å². The van der Waals surface area contributed by atoms with Gasteiger partial charge in [-0.15, -0.1) is 0 Å². The van der Waals surface area contributed by atoms with Crippen LogP contribution in [0.1, 0.15) is 29.1 Å². The molecule has 0 amide bonds. The topological polar surface area (TPSA) is 77.7 Å². The minimum absolute atomic E-state index is 0.665. The van der Waals surface area contributed by atoms with Crippen LogP contribution in [0.15, 0.2) is 18.6 Å². The minimum atomic E-state index is 0.665. The van der Waals surface area contributed by atoms with Gasteiger partial charge in [-0.2, -0.15) is 5.10 Å². The van der Waals surface area contributed by atoms with Gasteiger partial charge in [-0.3, -0.25) is 0 Å². The van der Waals surface area contributed by atoms with Gasteiger partial charge in [-0.1, -0.05) is 0 Å². The molecule has 0 fully saturated rings. The van der Waals surface area contributed by atoms with Gasteiger partial charge in [0.05, 0.1) is 12.8 Å². The number of anilines is 1. The van der Waals surface area contributed by atoms with Crippen LogP contribution in [-0.4, -0.2) is 51.9 Å². The van der Waals surface area contributed by atoms with E-state index in [1.807, 2.05) is 23.7 Å². The average molecular weight is 368 g/mol. The number of fused-ring (bicyclic) bond motifs is 2. The molecule has 0 aliphatic carbocycles. The van der Waals surface area contributed by atoms with Crippen LogP contribution in [-0.2, 0) is 24.1 Å². The number of pyridine rings is 1. The van der Waals surface area contributed by atoms with Crippen molar-refractivity contribution in [1.82, 2.24) is 24.6 Å². The van der Waals surface area contributed by atoms with Crippen molar-refractivity contribution in [3.63, 3.8) is 0 Å². The summed E-state index contributed by atoms with van der Waals surface area (Å²) in [7, 11) is 3.37. The highest BCUT2D eigenvalue weighted by Crippen LogP contribution is 2.29. The molecule has 0 bridgehead atoms. The van der Waals surface area contributed by atoms with Crippen molar-refractivity contribution in [3.05, 3.63) is 41.2 Å². The molecular formula is C19H24N6O2. The zero-order chi connectivity index (χ0) is 18.8. The van der Waals surface area contributed by atoms with Crippen molar-refractivity contribution in [1.29, 1.82) is 0 Å². The SMILES string of the molecule is COCCCc1nc(C)n2ncnc(N3CCc4cc(OC)ncc4C3)c12. The monoisotopic (exact) mass is 368 g/mol. The Morgan fingerprint density at radius 1 is 1.19 bits per heavy atom. The van der Waals surface area contributed by atoms with E-state index in [9.17, 15) is 0 Å². The maximum absolute atomic E-state index is 5.25. The second-order valence-corrected chi connectivity index (χ2v) is 6.71. The van der Waals surface area contributed by atoms with Crippen molar-refractivity contribution in [2.45, 2.75) is 32.7 Å². The Kier molecular flexibility index (Phi) is 4.89. The van der Waals surface area contributed by atoms with E-state index in [2.05, 4.69) is 20.0 Å². The summed E-state index contributed by atoms with van der Waals surface area (Å²) in [6.07, 6.45) is 6.20. The van der Waals surface area contributed by atoms with Crippen molar-refractivity contribution >= 4 is 11.3 Å². The molecule has 8 nitrogen and oxygen atoms in total. The van der Waals surface area contributed by atoms with Gasteiger partial charge in [0.15, 0.2) is 5.82 Å². The number of hydrogen-bond acceptors (Lipinski definition) is 7. The van der Waals surface area contributed by atoms with Crippen LogP contribution in [0.25, 0.3) is 5.52 Å². The molecule has 0 unspecified atom stereocenters. The lowest BCUT2D eigenvalue weighted by molar-refractivity contribution is 0.195. The fourth-order valence-electron chi connectivity index (χ4n) is 3.64. The summed E-state index contributed by atoms with van der Waals surface area (Å²) in [4.78, 5) is 16.0. The molecule has 0 saturated carbocycles. The molecule has 27 heavy (non-hydrogen) atoms. The Morgan fingerprint density at radius 2 is 2.07 bits per heavy atom. The third kappa shape index (κ3) is 3.32. The fourth-order valence-corrected chi connectivity index (χ4v) is 3.64. The van der Waals surface area contributed by atoms with Gasteiger partial charge in [0.1, 0.15) is 17.7 Å². The highest BCUT2D eigenvalue weighted by atomic mass is 16.5. The van der Waals surface area contributed by atoms with Crippen LogP contribution in [0.2, 0.25) is 0 Å². The molecule has 0 radical (unpaired) electrons. The maximum Gasteiger partial charge on any atom is 0.213 e. The number of nitrogens with zero attached hydrogens (tertiary/aromatic N) is 6. The average Bonchev–Trinajstić information content (AvgIpc) is 3.03.